The number of carbonyl (C=O) groups is 1. The van der Waals surface area contributed by atoms with Gasteiger partial charge in [-0.1, -0.05) is 12.1 Å². The van der Waals surface area contributed by atoms with Gasteiger partial charge in [-0.05, 0) is 25.5 Å². The van der Waals surface area contributed by atoms with Crippen LogP contribution in [0.4, 0.5) is 0 Å². The number of hydrogen-bond donors (Lipinski definition) is 1. The van der Waals surface area contributed by atoms with E-state index in [-0.39, 0.29) is 24.4 Å². The van der Waals surface area contributed by atoms with Crippen molar-refractivity contribution in [3.05, 3.63) is 24.3 Å². The second kappa shape index (κ2) is 7.81. The highest BCUT2D eigenvalue weighted by Gasteiger charge is 2.40. The SMILES string of the molecule is CC1Oc2ccccc2OC1C(=O)N1CCC(N2CCNCC2)C1.Cl. The number of para-hydroxylation sites is 2. The third-order valence-electron chi connectivity index (χ3n) is 5.23. The predicted molar refractivity (Wildman–Crippen MR) is 97.6 cm³/mol. The van der Waals surface area contributed by atoms with Crippen LogP contribution in [0, 0.1) is 0 Å². The number of likely N-dealkylation sites (tertiary alicyclic amines) is 1. The molecule has 1 amide bonds. The Kier molecular flexibility index (Phi) is 5.71. The Morgan fingerprint density at radius 2 is 1.80 bits per heavy atom. The summed E-state index contributed by atoms with van der Waals surface area (Å²) in [5.74, 6) is 1.43. The Bertz CT molecular complexity index is 609. The second-order valence-corrected chi connectivity index (χ2v) is 6.82. The number of carbonyl (C=O) groups excluding carboxylic acids is 1. The number of benzene rings is 1. The molecule has 3 unspecified atom stereocenters. The van der Waals surface area contributed by atoms with E-state index in [2.05, 4.69) is 10.2 Å². The lowest BCUT2D eigenvalue weighted by atomic mass is 10.1. The van der Waals surface area contributed by atoms with Gasteiger partial charge in [-0.15, -0.1) is 12.4 Å². The maximum atomic E-state index is 12.9. The van der Waals surface area contributed by atoms with Crippen LogP contribution in [0.5, 0.6) is 11.5 Å². The number of nitrogens with zero attached hydrogens (tertiary/aromatic N) is 2. The van der Waals surface area contributed by atoms with Gasteiger partial charge in [0.1, 0.15) is 6.10 Å². The molecular formula is C18H26ClN3O3. The zero-order chi connectivity index (χ0) is 16.5. The third kappa shape index (κ3) is 3.71. The molecule has 25 heavy (non-hydrogen) atoms. The number of nitrogens with one attached hydrogen (secondary N) is 1. The quantitative estimate of drug-likeness (QED) is 0.849. The summed E-state index contributed by atoms with van der Waals surface area (Å²) < 4.78 is 11.8. The first-order valence-electron chi connectivity index (χ1n) is 8.88. The minimum absolute atomic E-state index is 0. The van der Waals surface area contributed by atoms with Gasteiger partial charge in [0.25, 0.3) is 5.91 Å². The molecular weight excluding hydrogens is 342 g/mol. The topological polar surface area (TPSA) is 54.0 Å². The third-order valence-corrected chi connectivity index (χ3v) is 5.23. The van der Waals surface area contributed by atoms with E-state index in [1.54, 1.807) is 0 Å². The fraction of sp³-hybridized carbons (Fsp3) is 0.611. The molecule has 3 heterocycles. The summed E-state index contributed by atoms with van der Waals surface area (Å²) in [7, 11) is 0. The number of fused-ring (bicyclic) bond motifs is 1. The van der Waals surface area contributed by atoms with E-state index < -0.39 is 6.10 Å². The summed E-state index contributed by atoms with van der Waals surface area (Å²) in [5, 5.41) is 3.38. The van der Waals surface area contributed by atoms with Crippen LogP contribution in [0.15, 0.2) is 24.3 Å². The minimum Gasteiger partial charge on any atom is -0.482 e. The molecule has 6 nitrogen and oxygen atoms in total. The second-order valence-electron chi connectivity index (χ2n) is 6.82. The van der Waals surface area contributed by atoms with E-state index in [9.17, 15) is 4.79 Å². The van der Waals surface area contributed by atoms with Gasteiger partial charge in [0.05, 0.1) is 0 Å². The van der Waals surface area contributed by atoms with Gasteiger partial charge in [0.15, 0.2) is 11.5 Å². The Morgan fingerprint density at radius 1 is 1.12 bits per heavy atom. The van der Waals surface area contributed by atoms with E-state index in [1.807, 2.05) is 36.1 Å². The van der Waals surface area contributed by atoms with Crippen molar-refractivity contribution in [2.24, 2.45) is 0 Å². The smallest absolute Gasteiger partial charge is 0.267 e. The predicted octanol–water partition coefficient (Wildman–Crippen LogP) is 1.14. The van der Waals surface area contributed by atoms with Gasteiger partial charge in [-0.2, -0.15) is 0 Å². The van der Waals surface area contributed by atoms with E-state index in [0.717, 1.165) is 45.7 Å². The molecule has 138 valence electrons. The lowest BCUT2D eigenvalue weighted by Gasteiger charge is -2.34. The molecule has 3 aliphatic rings. The maximum Gasteiger partial charge on any atom is 0.267 e. The van der Waals surface area contributed by atoms with Gasteiger partial charge in [-0.3, -0.25) is 9.69 Å². The van der Waals surface area contributed by atoms with Gasteiger partial charge in [-0.25, -0.2) is 0 Å². The van der Waals surface area contributed by atoms with E-state index in [4.69, 9.17) is 9.47 Å². The molecule has 0 aromatic heterocycles. The summed E-state index contributed by atoms with van der Waals surface area (Å²) >= 11 is 0. The molecule has 2 fully saturated rings. The van der Waals surface area contributed by atoms with Crippen LogP contribution in [0.25, 0.3) is 0 Å². The summed E-state index contributed by atoms with van der Waals surface area (Å²) in [5.41, 5.74) is 0. The number of halogens is 1. The zero-order valence-electron chi connectivity index (χ0n) is 14.5. The van der Waals surface area contributed by atoms with Crippen LogP contribution in [0.2, 0.25) is 0 Å². The highest BCUT2D eigenvalue weighted by molar-refractivity contribution is 5.85. The van der Waals surface area contributed by atoms with Gasteiger partial charge in [0.2, 0.25) is 6.10 Å². The van der Waals surface area contributed by atoms with Crippen LogP contribution in [-0.2, 0) is 4.79 Å². The largest absolute Gasteiger partial charge is 0.482 e. The molecule has 1 N–H and O–H groups in total. The van der Waals surface area contributed by atoms with Crippen molar-refractivity contribution in [3.8, 4) is 11.5 Å². The fourth-order valence-corrected chi connectivity index (χ4v) is 3.86. The van der Waals surface area contributed by atoms with Crippen LogP contribution >= 0.6 is 12.4 Å². The van der Waals surface area contributed by atoms with Crippen LogP contribution < -0.4 is 14.8 Å². The van der Waals surface area contributed by atoms with Crippen LogP contribution in [0.3, 0.4) is 0 Å². The summed E-state index contributed by atoms with van der Waals surface area (Å²) in [6.45, 7) is 7.73. The Balaban J connectivity index is 0.00000182. The molecule has 0 saturated carbocycles. The molecule has 1 aromatic rings. The zero-order valence-corrected chi connectivity index (χ0v) is 15.3. The average molecular weight is 368 g/mol. The molecule has 4 rings (SSSR count). The van der Waals surface area contributed by atoms with Gasteiger partial charge in [0, 0.05) is 45.3 Å². The van der Waals surface area contributed by atoms with E-state index in [0.29, 0.717) is 17.5 Å². The number of ether oxygens (including phenoxy) is 2. The Hall–Kier alpha value is -1.50. The van der Waals surface area contributed by atoms with E-state index in [1.165, 1.54) is 0 Å². The van der Waals surface area contributed by atoms with Gasteiger partial charge >= 0.3 is 0 Å². The van der Waals surface area contributed by atoms with Crippen molar-refractivity contribution in [2.45, 2.75) is 31.6 Å². The summed E-state index contributed by atoms with van der Waals surface area (Å²) in [4.78, 5) is 17.4. The Labute approximate surface area is 154 Å². The lowest BCUT2D eigenvalue weighted by Crippen LogP contribution is -2.52. The average Bonchev–Trinajstić information content (AvgIpc) is 3.11. The first-order chi connectivity index (χ1) is 11.7. The van der Waals surface area contributed by atoms with Crippen molar-refractivity contribution in [2.75, 3.05) is 39.3 Å². The molecule has 0 spiro atoms. The highest BCUT2D eigenvalue weighted by Crippen LogP contribution is 2.34. The van der Waals surface area contributed by atoms with Crippen LogP contribution in [-0.4, -0.2) is 73.2 Å². The maximum absolute atomic E-state index is 12.9. The molecule has 3 atom stereocenters. The normalized spacial score (nSPS) is 29.2. The number of rotatable bonds is 2. The highest BCUT2D eigenvalue weighted by atomic mass is 35.5. The van der Waals surface area contributed by atoms with Gasteiger partial charge < -0.3 is 19.7 Å². The fourth-order valence-electron chi connectivity index (χ4n) is 3.86. The molecule has 0 radical (unpaired) electrons. The minimum atomic E-state index is -0.554. The van der Waals surface area contributed by atoms with Crippen molar-refractivity contribution in [1.82, 2.24) is 15.1 Å². The summed E-state index contributed by atoms with van der Waals surface area (Å²) in [6.07, 6.45) is 0.219. The number of amides is 1. The van der Waals surface area contributed by atoms with E-state index >= 15 is 0 Å². The van der Waals surface area contributed by atoms with Crippen molar-refractivity contribution in [3.63, 3.8) is 0 Å². The molecule has 1 aromatic carbocycles. The number of piperazine rings is 1. The molecule has 0 aliphatic carbocycles. The standard InChI is InChI=1S/C18H25N3O3.ClH/c1-13-17(24-16-5-3-2-4-15(16)23-13)18(22)21-9-6-14(12-21)20-10-7-19-8-11-20;/h2-5,13-14,17,19H,6-12H2,1H3;1H. The van der Waals surface area contributed by atoms with Crippen LogP contribution in [0.1, 0.15) is 13.3 Å². The summed E-state index contributed by atoms with van der Waals surface area (Å²) in [6, 6.07) is 8.02. The molecule has 3 aliphatic heterocycles. The van der Waals surface area contributed by atoms with Crippen molar-refractivity contribution in [1.29, 1.82) is 0 Å². The first-order valence-corrected chi connectivity index (χ1v) is 8.88. The first kappa shape index (κ1) is 18.3. The molecule has 2 saturated heterocycles. The molecule has 7 heteroatoms. The lowest BCUT2D eigenvalue weighted by molar-refractivity contribution is -0.143. The number of hydrogen-bond acceptors (Lipinski definition) is 5. The Morgan fingerprint density at radius 3 is 2.52 bits per heavy atom. The molecule has 0 bridgehead atoms. The van der Waals surface area contributed by atoms with Crippen molar-refractivity contribution >= 4 is 18.3 Å². The monoisotopic (exact) mass is 367 g/mol. The van der Waals surface area contributed by atoms with Crippen molar-refractivity contribution < 1.29 is 14.3 Å².